The Morgan fingerprint density at radius 2 is 2.00 bits per heavy atom. The zero-order chi connectivity index (χ0) is 14.9. The van der Waals surface area contributed by atoms with E-state index in [0.717, 1.165) is 0 Å². The quantitative estimate of drug-likeness (QED) is 0.708. The van der Waals surface area contributed by atoms with Crippen molar-refractivity contribution in [1.29, 1.82) is 0 Å². The third-order valence-corrected chi connectivity index (χ3v) is 3.40. The van der Waals surface area contributed by atoms with Gasteiger partial charge in [-0.1, -0.05) is 6.92 Å². The van der Waals surface area contributed by atoms with Crippen LogP contribution >= 0.6 is 0 Å². The normalized spacial score (nSPS) is 35.6. The minimum Gasteiger partial charge on any atom is -0.463 e. The lowest BCUT2D eigenvalue weighted by Crippen LogP contribution is -2.54. The fourth-order valence-corrected chi connectivity index (χ4v) is 2.45. The molecule has 0 aromatic rings. The molecule has 0 amide bonds. The third kappa shape index (κ3) is 3.09. The first kappa shape index (κ1) is 14.8. The van der Waals surface area contributed by atoms with Gasteiger partial charge in [0.25, 0.3) is 0 Å². The molecule has 7 nitrogen and oxygen atoms in total. The van der Waals surface area contributed by atoms with Crippen LogP contribution in [0.4, 0.5) is 0 Å². The molecule has 2 rings (SSSR count). The van der Waals surface area contributed by atoms with E-state index in [4.69, 9.17) is 18.9 Å². The number of esters is 2. The third-order valence-electron chi connectivity index (χ3n) is 3.40. The van der Waals surface area contributed by atoms with Gasteiger partial charge in [0.1, 0.15) is 18.8 Å². The van der Waals surface area contributed by atoms with Crippen LogP contribution in [-0.2, 0) is 28.5 Å². The summed E-state index contributed by atoms with van der Waals surface area (Å²) in [5.41, 5.74) is 0. The minimum atomic E-state index is -0.601. The zero-order valence-electron chi connectivity index (χ0n) is 12.0. The average molecular weight is 285 g/mol. The molecule has 2 heterocycles. The molecule has 2 aliphatic rings. The zero-order valence-corrected chi connectivity index (χ0v) is 12.0. The van der Waals surface area contributed by atoms with Gasteiger partial charge >= 0.3 is 11.9 Å². The second-order valence-electron chi connectivity index (χ2n) is 5.04. The number of hydrogen-bond donors (Lipinski definition) is 0. The molecular formula is C13H19NO6. The standard InChI is InChI=1S/C13H19NO6/c1-6-10(5-17-8(3)15)20-13-11(14-7(2)18-13)12(6)19-9(4)16/h6,10-13H,5H2,1-4H3. The second kappa shape index (κ2) is 5.78. The van der Waals surface area contributed by atoms with E-state index in [0.29, 0.717) is 5.90 Å². The van der Waals surface area contributed by atoms with Gasteiger partial charge < -0.3 is 18.9 Å². The van der Waals surface area contributed by atoms with Crippen LogP contribution in [0.5, 0.6) is 0 Å². The summed E-state index contributed by atoms with van der Waals surface area (Å²) in [6.45, 7) is 6.38. The van der Waals surface area contributed by atoms with Crippen LogP contribution in [-0.4, -0.2) is 49.0 Å². The van der Waals surface area contributed by atoms with Gasteiger partial charge in [-0.2, -0.15) is 0 Å². The molecule has 0 bridgehead atoms. The van der Waals surface area contributed by atoms with Crippen molar-refractivity contribution in [3.05, 3.63) is 0 Å². The van der Waals surface area contributed by atoms with Crippen LogP contribution in [0.1, 0.15) is 27.7 Å². The van der Waals surface area contributed by atoms with Crippen LogP contribution in [0.3, 0.4) is 0 Å². The Hall–Kier alpha value is -1.63. The summed E-state index contributed by atoms with van der Waals surface area (Å²) < 4.78 is 21.5. The fraction of sp³-hybridized carbons (Fsp3) is 0.769. The van der Waals surface area contributed by atoms with Crippen molar-refractivity contribution < 1.29 is 28.5 Å². The van der Waals surface area contributed by atoms with Gasteiger partial charge in [0.2, 0.25) is 6.29 Å². The smallest absolute Gasteiger partial charge is 0.302 e. The largest absolute Gasteiger partial charge is 0.463 e. The average Bonchev–Trinajstić information content (AvgIpc) is 2.70. The van der Waals surface area contributed by atoms with Gasteiger partial charge in [-0.3, -0.25) is 9.59 Å². The highest BCUT2D eigenvalue weighted by molar-refractivity contribution is 5.75. The summed E-state index contributed by atoms with van der Waals surface area (Å²) in [5, 5.41) is 0. The molecule has 0 radical (unpaired) electrons. The predicted octanol–water partition coefficient (Wildman–Crippen LogP) is 0.659. The number of nitrogens with zero attached hydrogens (tertiary/aromatic N) is 1. The van der Waals surface area contributed by atoms with Crippen LogP contribution in [0.2, 0.25) is 0 Å². The Morgan fingerprint density at radius 1 is 1.30 bits per heavy atom. The number of rotatable bonds is 3. The van der Waals surface area contributed by atoms with Gasteiger partial charge in [-0.25, -0.2) is 4.99 Å². The lowest BCUT2D eigenvalue weighted by molar-refractivity contribution is -0.224. The summed E-state index contributed by atoms with van der Waals surface area (Å²) in [4.78, 5) is 26.5. The number of hydrogen-bond acceptors (Lipinski definition) is 7. The van der Waals surface area contributed by atoms with E-state index < -0.39 is 18.5 Å². The van der Waals surface area contributed by atoms with Crippen LogP contribution < -0.4 is 0 Å². The molecule has 5 atom stereocenters. The van der Waals surface area contributed by atoms with E-state index in [1.807, 2.05) is 6.92 Å². The maximum atomic E-state index is 11.3. The van der Waals surface area contributed by atoms with Gasteiger partial charge in [0, 0.05) is 26.7 Å². The number of fused-ring (bicyclic) bond motifs is 1. The molecule has 0 aromatic carbocycles. The van der Waals surface area contributed by atoms with E-state index in [1.54, 1.807) is 6.92 Å². The van der Waals surface area contributed by atoms with E-state index >= 15 is 0 Å². The first-order valence-corrected chi connectivity index (χ1v) is 6.55. The molecule has 0 aliphatic carbocycles. The van der Waals surface area contributed by atoms with Crippen molar-refractivity contribution in [3.8, 4) is 0 Å². The molecule has 1 saturated heterocycles. The first-order valence-electron chi connectivity index (χ1n) is 6.55. The number of aliphatic imine (C=N–C) groups is 1. The van der Waals surface area contributed by atoms with Crippen LogP contribution in [0.25, 0.3) is 0 Å². The second-order valence-corrected chi connectivity index (χ2v) is 5.04. The predicted molar refractivity (Wildman–Crippen MR) is 68.0 cm³/mol. The number of carbonyl (C=O) groups is 2. The highest BCUT2D eigenvalue weighted by Crippen LogP contribution is 2.34. The highest BCUT2D eigenvalue weighted by atomic mass is 16.7. The maximum Gasteiger partial charge on any atom is 0.302 e. The van der Waals surface area contributed by atoms with E-state index in [9.17, 15) is 9.59 Å². The molecule has 0 aromatic heterocycles. The summed E-state index contributed by atoms with van der Waals surface area (Å²) >= 11 is 0. The summed E-state index contributed by atoms with van der Waals surface area (Å²) in [5.74, 6) is -0.421. The highest BCUT2D eigenvalue weighted by Gasteiger charge is 2.49. The molecule has 1 fully saturated rings. The fourth-order valence-electron chi connectivity index (χ4n) is 2.45. The van der Waals surface area contributed by atoms with Crippen molar-refractivity contribution in [1.82, 2.24) is 0 Å². The lowest BCUT2D eigenvalue weighted by Gasteiger charge is -2.40. The first-order chi connectivity index (χ1) is 9.38. The molecule has 7 heteroatoms. The van der Waals surface area contributed by atoms with E-state index in [2.05, 4.69) is 4.99 Å². The molecular weight excluding hydrogens is 266 g/mol. The molecule has 112 valence electrons. The molecule has 0 saturated carbocycles. The minimum absolute atomic E-state index is 0.0971. The van der Waals surface area contributed by atoms with E-state index in [1.165, 1.54) is 13.8 Å². The van der Waals surface area contributed by atoms with Crippen molar-refractivity contribution in [3.63, 3.8) is 0 Å². The monoisotopic (exact) mass is 285 g/mol. The van der Waals surface area contributed by atoms with Crippen LogP contribution in [0.15, 0.2) is 4.99 Å². The topological polar surface area (TPSA) is 83.4 Å². The Morgan fingerprint density at radius 3 is 2.60 bits per heavy atom. The SMILES string of the molecule is CC(=O)OCC1OC2OC(C)=NC2C(OC(C)=O)C1C. The van der Waals surface area contributed by atoms with E-state index in [-0.39, 0.29) is 30.5 Å². The molecule has 0 N–H and O–H groups in total. The molecule has 2 aliphatic heterocycles. The Labute approximate surface area is 117 Å². The molecule has 20 heavy (non-hydrogen) atoms. The van der Waals surface area contributed by atoms with Crippen molar-refractivity contribution >= 4 is 17.8 Å². The number of ether oxygens (including phenoxy) is 4. The summed E-state index contributed by atoms with van der Waals surface area (Å²) in [6, 6.07) is -0.373. The maximum absolute atomic E-state index is 11.3. The molecule has 0 spiro atoms. The van der Waals surface area contributed by atoms with Gasteiger partial charge in [0.15, 0.2) is 11.9 Å². The van der Waals surface area contributed by atoms with Gasteiger partial charge in [-0.15, -0.1) is 0 Å². The lowest BCUT2D eigenvalue weighted by atomic mass is 9.89. The summed E-state index contributed by atoms with van der Waals surface area (Å²) in [6.07, 6.45) is -1.45. The van der Waals surface area contributed by atoms with Crippen LogP contribution in [0, 0.1) is 5.92 Å². The van der Waals surface area contributed by atoms with Crippen molar-refractivity contribution in [2.75, 3.05) is 6.61 Å². The Kier molecular flexibility index (Phi) is 4.27. The number of carbonyl (C=O) groups excluding carboxylic acids is 2. The van der Waals surface area contributed by atoms with Gasteiger partial charge in [0.05, 0.1) is 0 Å². The van der Waals surface area contributed by atoms with Crippen molar-refractivity contribution in [2.45, 2.75) is 52.2 Å². The van der Waals surface area contributed by atoms with Crippen molar-refractivity contribution in [2.24, 2.45) is 10.9 Å². The summed E-state index contributed by atoms with van der Waals surface area (Å²) in [7, 11) is 0. The van der Waals surface area contributed by atoms with Gasteiger partial charge in [-0.05, 0) is 0 Å². The Balaban J connectivity index is 2.12. The Bertz CT molecular complexity index is 435. The molecule has 5 unspecified atom stereocenters.